The molecule has 3 atom stereocenters. The molecule has 1 saturated heterocycles. The van der Waals surface area contributed by atoms with Crippen LogP contribution < -0.4 is 5.32 Å². The summed E-state index contributed by atoms with van der Waals surface area (Å²) in [5, 5.41) is 8.19. The molecule has 192 valence electrons. The summed E-state index contributed by atoms with van der Waals surface area (Å²) in [6.07, 6.45) is 6.66. The van der Waals surface area contributed by atoms with Crippen LogP contribution in [0.4, 0.5) is 19.1 Å². The van der Waals surface area contributed by atoms with Gasteiger partial charge in [-0.2, -0.15) is 13.2 Å². The molecule has 1 N–H and O–H groups in total. The first-order valence-electron chi connectivity index (χ1n) is 12.9. The standard InChI is InChI=1S/C26H36F3N5O/c1-16-4-6-18(7-5-16)23-12-22(24-13-30-25(32-34(23)24)31-17(2)14-35-3)19-10-20-8-9-21(11-19)33(20)15-26(27,28)29/h10,12-13,16-18,20-21H,4-9,11,14-15H2,1-3H3,(H,31,32)/t16?,17-,18?,20+,21-/m0/s1. The van der Waals surface area contributed by atoms with Crippen molar-refractivity contribution in [2.75, 3.05) is 25.6 Å². The van der Waals surface area contributed by atoms with E-state index in [-0.39, 0.29) is 18.1 Å². The summed E-state index contributed by atoms with van der Waals surface area (Å²) in [5.41, 5.74) is 4.36. The minimum atomic E-state index is -4.17. The highest BCUT2D eigenvalue weighted by atomic mass is 19.4. The molecule has 1 saturated carbocycles. The van der Waals surface area contributed by atoms with E-state index >= 15 is 0 Å². The van der Waals surface area contributed by atoms with Gasteiger partial charge in [-0.1, -0.05) is 25.8 Å². The van der Waals surface area contributed by atoms with Gasteiger partial charge in [0.15, 0.2) is 0 Å². The first kappa shape index (κ1) is 24.6. The van der Waals surface area contributed by atoms with Crippen LogP contribution in [-0.2, 0) is 4.74 Å². The molecule has 3 aliphatic rings. The Hall–Kier alpha value is -2.13. The Morgan fingerprint density at radius 3 is 2.63 bits per heavy atom. The molecular formula is C26H36F3N5O. The second-order valence-electron chi connectivity index (χ2n) is 10.8. The highest BCUT2D eigenvalue weighted by Gasteiger charge is 2.43. The summed E-state index contributed by atoms with van der Waals surface area (Å²) in [6.45, 7) is 4.06. The zero-order chi connectivity index (χ0) is 24.7. The molecule has 2 fully saturated rings. The molecule has 1 aliphatic carbocycles. The minimum absolute atomic E-state index is 0.0627. The molecule has 35 heavy (non-hydrogen) atoms. The van der Waals surface area contributed by atoms with Crippen LogP contribution in [0.5, 0.6) is 0 Å². The third-order valence-electron chi connectivity index (χ3n) is 8.02. The summed E-state index contributed by atoms with van der Waals surface area (Å²) in [5.74, 6) is 1.73. The maximum Gasteiger partial charge on any atom is 0.401 e. The van der Waals surface area contributed by atoms with Crippen LogP contribution in [-0.4, -0.2) is 64.1 Å². The maximum absolute atomic E-state index is 13.2. The van der Waals surface area contributed by atoms with Crippen molar-refractivity contribution in [1.29, 1.82) is 0 Å². The van der Waals surface area contributed by atoms with Crippen molar-refractivity contribution in [3.8, 4) is 0 Å². The third-order valence-corrected chi connectivity index (χ3v) is 8.02. The molecule has 0 amide bonds. The number of fused-ring (bicyclic) bond motifs is 3. The Labute approximate surface area is 204 Å². The predicted molar refractivity (Wildman–Crippen MR) is 130 cm³/mol. The molecule has 5 rings (SSSR count). The van der Waals surface area contributed by atoms with Crippen LogP contribution in [0.2, 0.25) is 0 Å². The fraction of sp³-hybridized carbons (Fsp3) is 0.692. The molecule has 2 aromatic heterocycles. The SMILES string of the molecule is COC[C@H](C)Nc1ncc2c(C3=C[C@H]4CC[C@@H](C3)N4CC(F)(F)F)cc(C3CCC(C)CC3)n2n1. The lowest BCUT2D eigenvalue weighted by atomic mass is 9.81. The van der Waals surface area contributed by atoms with Gasteiger partial charge >= 0.3 is 6.18 Å². The van der Waals surface area contributed by atoms with Gasteiger partial charge in [0, 0.05) is 42.4 Å². The number of halogens is 3. The lowest BCUT2D eigenvalue weighted by Gasteiger charge is -2.34. The number of aromatic nitrogens is 3. The third kappa shape index (κ3) is 5.21. The van der Waals surface area contributed by atoms with Crippen LogP contribution in [0.1, 0.15) is 76.0 Å². The van der Waals surface area contributed by atoms with E-state index in [4.69, 9.17) is 9.84 Å². The Balaban J connectivity index is 1.50. The van der Waals surface area contributed by atoms with Crippen molar-refractivity contribution in [2.45, 2.75) is 89.0 Å². The first-order valence-corrected chi connectivity index (χ1v) is 12.9. The number of alkyl halides is 3. The predicted octanol–water partition coefficient (Wildman–Crippen LogP) is 5.65. The number of anilines is 1. The monoisotopic (exact) mass is 491 g/mol. The van der Waals surface area contributed by atoms with Gasteiger partial charge in [0.25, 0.3) is 0 Å². The summed E-state index contributed by atoms with van der Waals surface area (Å²) in [7, 11) is 1.67. The maximum atomic E-state index is 13.2. The van der Waals surface area contributed by atoms with E-state index in [1.54, 1.807) is 12.0 Å². The van der Waals surface area contributed by atoms with Crippen molar-refractivity contribution >= 4 is 17.0 Å². The van der Waals surface area contributed by atoms with Gasteiger partial charge in [0.2, 0.25) is 5.95 Å². The normalized spacial score (nSPS) is 28.3. The van der Waals surface area contributed by atoms with Crippen molar-refractivity contribution < 1.29 is 17.9 Å². The Morgan fingerprint density at radius 2 is 1.94 bits per heavy atom. The lowest BCUT2D eigenvalue weighted by Crippen LogP contribution is -2.44. The Bertz CT molecular complexity index is 1070. The molecule has 2 bridgehead atoms. The van der Waals surface area contributed by atoms with Crippen LogP contribution in [0, 0.1) is 5.92 Å². The van der Waals surface area contributed by atoms with E-state index < -0.39 is 12.7 Å². The number of rotatable bonds is 7. The van der Waals surface area contributed by atoms with Gasteiger partial charge in [0.05, 0.1) is 24.9 Å². The average Bonchev–Trinajstić information content (AvgIpc) is 3.25. The number of ether oxygens (including phenoxy) is 1. The molecule has 0 unspecified atom stereocenters. The highest BCUT2D eigenvalue weighted by molar-refractivity contribution is 5.80. The summed E-state index contributed by atoms with van der Waals surface area (Å²) >= 11 is 0. The fourth-order valence-electron chi connectivity index (χ4n) is 6.27. The minimum Gasteiger partial charge on any atom is -0.383 e. The Kier molecular flexibility index (Phi) is 6.83. The first-order chi connectivity index (χ1) is 16.7. The fourth-order valence-corrected chi connectivity index (χ4v) is 6.27. The van der Waals surface area contributed by atoms with Gasteiger partial charge in [-0.05, 0) is 56.6 Å². The second-order valence-corrected chi connectivity index (χ2v) is 10.8. The molecule has 0 spiro atoms. The van der Waals surface area contributed by atoms with Gasteiger partial charge < -0.3 is 10.1 Å². The summed E-state index contributed by atoms with van der Waals surface area (Å²) in [4.78, 5) is 6.23. The van der Waals surface area contributed by atoms with Gasteiger partial charge in [-0.3, -0.25) is 4.90 Å². The number of hydrogen-bond acceptors (Lipinski definition) is 5. The van der Waals surface area contributed by atoms with Crippen LogP contribution in [0.25, 0.3) is 11.1 Å². The molecular weight excluding hydrogens is 455 g/mol. The molecule has 4 heterocycles. The van der Waals surface area contributed by atoms with Crippen molar-refractivity contribution in [2.24, 2.45) is 5.92 Å². The van der Waals surface area contributed by atoms with E-state index in [9.17, 15) is 13.2 Å². The molecule has 6 nitrogen and oxygen atoms in total. The molecule has 0 radical (unpaired) electrons. The highest BCUT2D eigenvalue weighted by Crippen LogP contribution is 2.43. The molecule has 2 aliphatic heterocycles. The number of nitrogens with one attached hydrogen (secondary N) is 1. The topological polar surface area (TPSA) is 54.7 Å². The summed E-state index contributed by atoms with van der Waals surface area (Å²) < 4.78 is 46.8. The number of methoxy groups -OCH3 is 1. The van der Waals surface area contributed by atoms with Gasteiger partial charge in [-0.25, -0.2) is 9.50 Å². The van der Waals surface area contributed by atoms with Crippen LogP contribution in [0.15, 0.2) is 18.3 Å². The second kappa shape index (κ2) is 9.73. The zero-order valence-corrected chi connectivity index (χ0v) is 20.8. The van der Waals surface area contributed by atoms with E-state index in [2.05, 4.69) is 29.4 Å². The zero-order valence-electron chi connectivity index (χ0n) is 20.8. The lowest BCUT2D eigenvalue weighted by molar-refractivity contribution is -0.150. The largest absolute Gasteiger partial charge is 0.401 e. The number of nitrogens with zero attached hydrogens (tertiary/aromatic N) is 4. The van der Waals surface area contributed by atoms with Gasteiger partial charge in [-0.15, -0.1) is 5.10 Å². The van der Waals surface area contributed by atoms with Gasteiger partial charge in [0.1, 0.15) is 0 Å². The van der Waals surface area contributed by atoms with Crippen molar-refractivity contribution in [3.05, 3.63) is 29.6 Å². The molecule has 0 aromatic carbocycles. The molecule has 2 aromatic rings. The summed E-state index contributed by atoms with van der Waals surface area (Å²) in [6, 6.07) is 2.10. The quantitative estimate of drug-likeness (QED) is 0.542. The van der Waals surface area contributed by atoms with Crippen LogP contribution >= 0.6 is 0 Å². The average molecular weight is 492 g/mol. The number of hydrogen-bond donors (Lipinski definition) is 1. The van der Waals surface area contributed by atoms with E-state index in [0.717, 1.165) is 48.3 Å². The van der Waals surface area contributed by atoms with Crippen molar-refractivity contribution in [3.63, 3.8) is 0 Å². The van der Waals surface area contributed by atoms with E-state index in [1.807, 2.05) is 17.6 Å². The van der Waals surface area contributed by atoms with Crippen molar-refractivity contribution in [1.82, 2.24) is 19.5 Å². The van der Waals surface area contributed by atoms with E-state index in [1.165, 1.54) is 18.5 Å². The van der Waals surface area contributed by atoms with Crippen LogP contribution in [0.3, 0.4) is 0 Å². The molecule has 9 heteroatoms. The van der Waals surface area contributed by atoms with E-state index in [0.29, 0.717) is 24.9 Å². The Morgan fingerprint density at radius 1 is 1.17 bits per heavy atom. The smallest absolute Gasteiger partial charge is 0.383 e.